The van der Waals surface area contributed by atoms with E-state index in [-0.39, 0.29) is 5.56 Å². The SMILES string of the molecule is O=c1cc(-c2cccnc2)ncn1CC1CCN(c2ccncn2)CC1. The molecule has 0 amide bonds. The van der Waals surface area contributed by atoms with Gasteiger partial charge >= 0.3 is 0 Å². The summed E-state index contributed by atoms with van der Waals surface area (Å²) in [6, 6.07) is 7.27. The zero-order valence-electron chi connectivity index (χ0n) is 14.4. The molecule has 4 rings (SSSR count). The second-order valence-corrected chi connectivity index (χ2v) is 6.50. The van der Waals surface area contributed by atoms with Gasteiger partial charge in [-0.05, 0) is 37.0 Å². The van der Waals surface area contributed by atoms with Crippen LogP contribution in [0.4, 0.5) is 5.82 Å². The number of aromatic nitrogens is 5. The van der Waals surface area contributed by atoms with Crippen LogP contribution in [0.5, 0.6) is 0 Å². The Morgan fingerprint density at radius 3 is 2.65 bits per heavy atom. The first-order valence-corrected chi connectivity index (χ1v) is 8.77. The Morgan fingerprint density at radius 2 is 1.96 bits per heavy atom. The number of nitrogens with zero attached hydrogens (tertiary/aromatic N) is 6. The lowest BCUT2D eigenvalue weighted by molar-refractivity contribution is 0.350. The van der Waals surface area contributed by atoms with Crippen LogP contribution < -0.4 is 10.5 Å². The molecule has 0 radical (unpaired) electrons. The van der Waals surface area contributed by atoms with Crippen molar-refractivity contribution in [2.75, 3.05) is 18.0 Å². The van der Waals surface area contributed by atoms with Gasteiger partial charge in [-0.1, -0.05) is 0 Å². The van der Waals surface area contributed by atoms with Crippen LogP contribution in [-0.4, -0.2) is 37.6 Å². The number of pyridine rings is 1. The lowest BCUT2D eigenvalue weighted by Gasteiger charge is -2.32. The number of rotatable bonds is 4. The van der Waals surface area contributed by atoms with E-state index in [9.17, 15) is 4.79 Å². The molecule has 1 saturated heterocycles. The minimum absolute atomic E-state index is 0.0166. The van der Waals surface area contributed by atoms with Crippen molar-refractivity contribution in [3.63, 3.8) is 0 Å². The number of anilines is 1. The summed E-state index contributed by atoms with van der Waals surface area (Å²) in [6.07, 6.45) is 10.5. The van der Waals surface area contributed by atoms with Gasteiger partial charge in [-0.25, -0.2) is 15.0 Å². The van der Waals surface area contributed by atoms with Crippen LogP contribution in [0, 0.1) is 5.92 Å². The molecule has 7 heteroatoms. The highest BCUT2D eigenvalue weighted by molar-refractivity contribution is 5.56. The Morgan fingerprint density at radius 1 is 1.08 bits per heavy atom. The Balaban J connectivity index is 1.40. The van der Waals surface area contributed by atoms with Crippen LogP contribution in [0.25, 0.3) is 11.3 Å². The van der Waals surface area contributed by atoms with E-state index >= 15 is 0 Å². The topological polar surface area (TPSA) is 76.8 Å². The average Bonchev–Trinajstić information content (AvgIpc) is 2.71. The van der Waals surface area contributed by atoms with Crippen molar-refractivity contribution in [1.29, 1.82) is 0 Å². The number of piperidine rings is 1. The van der Waals surface area contributed by atoms with E-state index in [0.717, 1.165) is 37.3 Å². The van der Waals surface area contributed by atoms with Crippen molar-refractivity contribution >= 4 is 5.82 Å². The smallest absolute Gasteiger partial charge is 0.253 e. The van der Waals surface area contributed by atoms with Gasteiger partial charge in [0.15, 0.2) is 0 Å². The summed E-state index contributed by atoms with van der Waals surface area (Å²) >= 11 is 0. The first kappa shape index (κ1) is 16.4. The lowest BCUT2D eigenvalue weighted by Crippen LogP contribution is -2.36. The first-order valence-electron chi connectivity index (χ1n) is 8.77. The summed E-state index contributed by atoms with van der Waals surface area (Å²) in [4.78, 5) is 31.5. The van der Waals surface area contributed by atoms with Gasteiger partial charge in [0, 0.05) is 49.9 Å². The molecule has 3 aromatic rings. The molecule has 0 aliphatic carbocycles. The van der Waals surface area contributed by atoms with Crippen LogP contribution in [0.3, 0.4) is 0 Å². The normalized spacial score (nSPS) is 15.2. The maximum atomic E-state index is 12.4. The Hall–Kier alpha value is -3.09. The molecule has 132 valence electrons. The molecule has 0 N–H and O–H groups in total. The van der Waals surface area contributed by atoms with Crippen LogP contribution in [0.1, 0.15) is 12.8 Å². The molecule has 0 saturated carbocycles. The highest BCUT2D eigenvalue weighted by Crippen LogP contribution is 2.22. The molecule has 4 heterocycles. The predicted octanol–water partition coefficient (Wildman–Crippen LogP) is 2.01. The van der Waals surface area contributed by atoms with E-state index in [2.05, 4.69) is 24.8 Å². The van der Waals surface area contributed by atoms with Gasteiger partial charge in [0.2, 0.25) is 0 Å². The van der Waals surface area contributed by atoms with E-state index in [1.165, 1.54) is 0 Å². The van der Waals surface area contributed by atoms with E-state index in [4.69, 9.17) is 0 Å². The van der Waals surface area contributed by atoms with Crippen LogP contribution in [0.2, 0.25) is 0 Å². The molecular formula is C19H20N6O. The maximum absolute atomic E-state index is 12.4. The fourth-order valence-corrected chi connectivity index (χ4v) is 3.33. The minimum atomic E-state index is -0.0166. The molecule has 0 spiro atoms. The van der Waals surface area contributed by atoms with Crippen LogP contribution in [-0.2, 0) is 6.54 Å². The van der Waals surface area contributed by atoms with Crippen molar-refractivity contribution in [3.8, 4) is 11.3 Å². The summed E-state index contributed by atoms with van der Waals surface area (Å²) in [5, 5.41) is 0. The zero-order chi connectivity index (χ0) is 17.8. The fraction of sp³-hybridized carbons (Fsp3) is 0.316. The molecule has 0 aromatic carbocycles. The molecule has 1 aliphatic heterocycles. The molecule has 1 aliphatic rings. The Labute approximate surface area is 151 Å². The predicted molar refractivity (Wildman–Crippen MR) is 98.7 cm³/mol. The van der Waals surface area contributed by atoms with Gasteiger partial charge in [-0.15, -0.1) is 0 Å². The molecule has 0 bridgehead atoms. The van der Waals surface area contributed by atoms with Crippen molar-refractivity contribution in [2.24, 2.45) is 5.92 Å². The van der Waals surface area contributed by atoms with Crippen molar-refractivity contribution in [1.82, 2.24) is 24.5 Å². The average molecular weight is 348 g/mol. The third kappa shape index (κ3) is 3.61. The van der Waals surface area contributed by atoms with Crippen molar-refractivity contribution in [3.05, 3.63) is 65.9 Å². The standard InChI is InChI=1S/C19H20N6O/c26-19-10-17(16-2-1-6-20-11-16)23-14-25(19)12-15-4-8-24(9-5-15)18-3-7-21-13-22-18/h1-3,6-7,10-11,13-15H,4-5,8-9,12H2. The molecule has 0 unspecified atom stereocenters. The molecule has 1 fully saturated rings. The van der Waals surface area contributed by atoms with E-state index in [1.807, 2.05) is 18.2 Å². The number of hydrogen-bond donors (Lipinski definition) is 0. The second kappa shape index (κ2) is 7.43. The summed E-state index contributed by atoms with van der Waals surface area (Å²) in [5.41, 5.74) is 1.50. The van der Waals surface area contributed by atoms with Gasteiger partial charge < -0.3 is 4.90 Å². The van der Waals surface area contributed by atoms with Crippen molar-refractivity contribution < 1.29 is 0 Å². The lowest BCUT2D eigenvalue weighted by atomic mass is 9.96. The van der Waals surface area contributed by atoms with Crippen molar-refractivity contribution in [2.45, 2.75) is 19.4 Å². The monoisotopic (exact) mass is 348 g/mol. The molecule has 26 heavy (non-hydrogen) atoms. The zero-order valence-corrected chi connectivity index (χ0v) is 14.4. The molecule has 3 aromatic heterocycles. The van der Waals surface area contributed by atoms with Crippen LogP contribution >= 0.6 is 0 Å². The molecule has 0 atom stereocenters. The highest BCUT2D eigenvalue weighted by atomic mass is 16.1. The maximum Gasteiger partial charge on any atom is 0.253 e. The Bertz CT molecular complexity index is 904. The largest absolute Gasteiger partial charge is 0.357 e. The molecular weight excluding hydrogens is 328 g/mol. The van der Waals surface area contributed by atoms with Gasteiger partial charge in [0.1, 0.15) is 12.1 Å². The van der Waals surface area contributed by atoms with Gasteiger partial charge in [-0.3, -0.25) is 14.3 Å². The second-order valence-electron chi connectivity index (χ2n) is 6.50. The van der Waals surface area contributed by atoms with Gasteiger partial charge in [0.25, 0.3) is 5.56 Å². The third-order valence-electron chi connectivity index (χ3n) is 4.80. The summed E-state index contributed by atoms with van der Waals surface area (Å²) in [6.45, 7) is 2.59. The highest BCUT2D eigenvalue weighted by Gasteiger charge is 2.21. The van der Waals surface area contributed by atoms with Crippen LogP contribution in [0.15, 0.2) is 60.3 Å². The summed E-state index contributed by atoms with van der Waals surface area (Å²) in [5.74, 6) is 1.44. The van der Waals surface area contributed by atoms with Gasteiger partial charge in [0.05, 0.1) is 12.0 Å². The first-order chi connectivity index (χ1) is 12.8. The van der Waals surface area contributed by atoms with E-state index in [1.54, 1.807) is 41.9 Å². The molecule has 7 nitrogen and oxygen atoms in total. The van der Waals surface area contributed by atoms with E-state index in [0.29, 0.717) is 18.2 Å². The van der Waals surface area contributed by atoms with E-state index < -0.39 is 0 Å². The summed E-state index contributed by atoms with van der Waals surface area (Å²) in [7, 11) is 0. The van der Waals surface area contributed by atoms with Gasteiger partial charge in [-0.2, -0.15) is 0 Å². The Kier molecular flexibility index (Phi) is 4.68. The quantitative estimate of drug-likeness (QED) is 0.718. The third-order valence-corrected chi connectivity index (χ3v) is 4.80. The summed E-state index contributed by atoms with van der Waals surface area (Å²) < 4.78 is 1.71. The fourth-order valence-electron chi connectivity index (χ4n) is 3.33. The minimum Gasteiger partial charge on any atom is -0.357 e. The number of hydrogen-bond acceptors (Lipinski definition) is 6.